The van der Waals surface area contributed by atoms with Crippen LogP contribution in [0.2, 0.25) is 0 Å². The van der Waals surface area contributed by atoms with Gasteiger partial charge < -0.3 is 24.6 Å². The molecular weight excluding hydrogens is 955 g/mol. The Kier molecular flexibility index (Phi) is 14.6. The second-order valence-electron chi connectivity index (χ2n) is 11.6. The van der Waals surface area contributed by atoms with Gasteiger partial charge in [0, 0.05) is 12.1 Å². The first-order valence-electron chi connectivity index (χ1n) is 16.0. The summed E-state index contributed by atoms with van der Waals surface area (Å²) in [4.78, 5) is 8.57. The van der Waals surface area contributed by atoms with Gasteiger partial charge in [-0.15, -0.1) is 35.0 Å². The zero-order valence-electron chi connectivity index (χ0n) is 30.3. The molecule has 0 aliphatic carbocycles. The summed E-state index contributed by atoms with van der Waals surface area (Å²) in [6, 6.07) is 9.77. The number of benzene rings is 5. The summed E-state index contributed by atoms with van der Waals surface area (Å²) in [6.07, 6.45) is 0. The Labute approximate surface area is 357 Å². The molecule has 63 heavy (non-hydrogen) atoms. The molecule has 0 saturated heterocycles. The molecule has 33 heteroatoms. The van der Waals surface area contributed by atoms with Gasteiger partial charge in [-0.2, -0.15) is 21.0 Å². The van der Waals surface area contributed by atoms with Crippen LogP contribution in [0.4, 0.5) is 39.8 Å². The Bertz CT molecular complexity index is 3100. The van der Waals surface area contributed by atoms with Crippen LogP contribution < -0.4 is 4.18 Å². The van der Waals surface area contributed by atoms with Gasteiger partial charge >= 0.3 is 21.8 Å². The molecule has 1 atom stereocenters. The number of phenolic OH excluding ortho intramolecular Hbond substituents is 4. The van der Waals surface area contributed by atoms with Crippen LogP contribution in [-0.4, -0.2) is 86.1 Å². The van der Waals surface area contributed by atoms with Crippen molar-refractivity contribution in [2.75, 3.05) is 12.4 Å². The number of hydrogen-bond acceptors (Lipinski definition) is 25. The predicted molar refractivity (Wildman–Crippen MR) is 211 cm³/mol. The summed E-state index contributed by atoms with van der Waals surface area (Å²) in [5.41, 5.74) is -3.74. The van der Waals surface area contributed by atoms with Crippen LogP contribution >= 0.6 is 12.0 Å². The number of phenols is 4. The number of azo groups is 3. The highest BCUT2D eigenvalue weighted by molar-refractivity contribution is 7.94. The first-order chi connectivity index (χ1) is 29.5. The van der Waals surface area contributed by atoms with Crippen LogP contribution in [0.1, 0.15) is 0 Å². The predicted octanol–water partition coefficient (Wildman–Crippen LogP) is 6.60. The van der Waals surface area contributed by atoms with Gasteiger partial charge in [0.05, 0.1) is 61.2 Å². The highest BCUT2D eigenvalue weighted by Gasteiger charge is 2.24. The molecule has 0 fully saturated rings. The minimum Gasteiger partial charge on any atom is -0.505 e. The van der Waals surface area contributed by atoms with Crippen molar-refractivity contribution in [1.82, 2.24) is 0 Å². The summed E-state index contributed by atoms with van der Waals surface area (Å²) < 4.78 is 124. The van der Waals surface area contributed by atoms with E-state index in [1.165, 1.54) is 0 Å². The smallest absolute Gasteiger partial charge is 0.397 e. The quantitative estimate of drug-likeness (QED) is 0.00871. The number of nitro groups is 1. The van der Waals surface area contributed by atoms with Crippen LogP contribution in [0, 0.1) is 10.1 Å². The molecule has 0 amide bonds. The molecule has 0 aliphatic rings. The average molecular weight is 978 g/mol. The Morgan fingerprint density at radius 3 is 1.98 bits per heavy atom. The lowest BCUT2D eigenvalue weighted by molar-refractivity contribution is -0.432. The number of nitro benzene ring substituents is 1. The van der Waals surface area contributed by atoms with Gasteiger partial charge in [0.1, 0.15) is 34.2 Å². The van der Waals surface area contributed by atoms with E-state index in [0.717, 1.165) is 54.6 Å². The van der Waals surface area contributed by atoms with E-state index < -0.39 is 137 Å². The molecule has 0 saturated carbocycles. The van der Waals surface area contributed by atoms with Crippen molar-refractivity contribution < 1.29 is 91.5 Å². The van der Waals surface area contributed by atoms with Crippen molar-refractivity contribution >= 4 is 104 Å². The number of fused-ring (bicyclic) bond motifs is 1. The Hall–Kier alpha value is -6.37. The zero-order chi connectivity index (χ0) is 46.4. The maximum absolute atomic E-state index is 12.7. The van der Waals surface area contributed by atoms with E-state index in [1.54, 1.807) is 0 Å². The van der Waals surface area contributed by atoms with Crippen LogP contribution in [0.25, 0.3) is 10.8 Å². The minimum atomic E-state index is -5.05. The van der Waals surface area contributed by atoms with E-state index in [9.17, 15) is 69.1 Å². The standard InChI is InChI=1S/C30H23N7O21S5/c38-22-6-5-20(33-32-19-4-2-16(13-24(19)56-60(45)46)61(47,48)8-7-55-63(52,53)54)29(40)27(22)35-34-21-12-17(62(49,50)51)9-14-10-25(59-58-57-44)28(30(41)26(14)21)36-31-18-3-1-15(37(42)43)11-23(18)39/h1-6,9-13,38-41,44H,7-8H2,(H,45,46)(H,49,50,51)(H,52,53,54). The van der Waals surface area contributed by atoms with Gasteiger partial charge in [-0.1, -0.05) is 5.04 Å². The fourth-order valence-corrected chi connectivity index (χ4v) is 7.74. The maximum Gasteiger partial charge on any atom is 0.397 e. The number of aromatic hydroxyl groups is 4. The van der Waals surface area contributed by atoms with E-state index in [2.05, 4.69) is 44.2 Å². The van der Waals surface area contributed by atoms with Crippen LogP contribution in [0.15, 0.2) is 112 Å². The third-order valence-corrected chi connectivity index (χ3v) is 11.6. The molecule has 8 N–H and O–H groups in total. The number of non-ortho nitro benzene ring substituents is 1. The monoisotopic (exact) mass is 977 g/mol. The highest BCUT2D eigenvalue weighted by atomic mass is 32.3. The average Bonchev–Trinajstić information content (AvgIpc) is 3.18. The number of rotatable bonds is 18. The lowest BCUT2D eigenvalue weighted by atomic mass is 10.1. The summed E-state index contributed by atoms with van der Waals surface area (Å²) >= 11 is -2.89. The van der Waals surface area contributed by atoms with E-state index >= 15 is 0 Å². The molecule has 0 heterocycles. The van der Waals surface area contributed by atoms with E-state index in [4.69, 9.17) is 14.0 Å². The van der Waals surface area contributed by atoms with E-state index in [-0.39, 0.29) is 28.0 Å². The molecule has 1 unspecified atom stereocenters. The maximum atomic E-state index is 12.7. The molecule has 5 aromatic carbocycles. The zero-order valence-corrected chi connectivity index (χ0v) is 34.4. The van der Waals surface area contributed by atoms with Crippen LogP contribution in [0.5, 0.6) is 28.7 Å². The van der Waals surface area contributed by atoms with Crippen molar-refractivity contribution in [3.8, 4) is 28.7 Å². The fourth-order valence-electron chi connectivity index (χ4n) is 4.92. The summed E-state index contributed by atoms with van der Waals surface area (Å²) in [5, 5.41) is 88.9. The van der Waals surface area contributed by atoms with Gasteiger partial charge in [0.15, 0.2) is 32.8 Å². The summed E-state index contributed by atoms with van der Waals surface area (Å²) in [5.74, 6) is -5.04. The van der Waals surface area contributed by atoms with Crippen molar-refractivity contribution in [3.63, 3.8) is 0 Å². The second kappa shape index (κ2) is 19.3. The van der Waals surface area contributed by atoms with Gasteiger partial charge in [0.25, 0.3) is 15.8 Å². The molecule has 5 aromatic rings. The van der Waals surface area contributed by atoms with Gasteiger partial charge in [-0.05, 0) is 53.9 Å². The van der Waals surface area contributed by atoms with Crippen molar-refractivity contribution in [2.45, 2.75) is 14.7 Å². The summed E-state index contributed by atoms with van der Waals surface area (Å²) in [6.45, 7) is -1.00. The Morgan fingerprint density at radius 2 is 1.35 bits per heavy atom. The van der Waals surface area contributed by atoms with Crippen molar-refractivity contribution in [2.24, 2.45) is 30.7 Å². The molecule has 0 spiro atoms. The Morgan fingerprint density at radius 1 is 0.714 bits per heavy atom. The number of nitrogens with zero attached hydrogens (tertiary/aromatic N) is 7. The number of sulfone groups is 1. The lowest BCUT2D eigenvalue weighted by Gasteiger charge is -2.12. The van der Waals surface area contributed by atoms with Crippen molar-refractivity contribution in [3.05, 3.63) is 76.8 Å². The summed E-state index contributed by atoms with van der Waals surface area (Å²) in [7, 11) is -14.4. The van der Waals surface area contributed by atoms with Gasteiger partial charge in [0.2, 0.25) is 0 Å². The second-order valence-corrected chi connectivity index (χ2v) is 17.6. The molecule has 28 nitrogen and oxygen atoms in total. The minimum absolute atomic E-state index is 0.187. The topological polar surface area (TPSA) is 436 Å². The van der Waals surface area contributed by atoms with Gasteiger partial charge in [-0.25, -0.2) is 17.9 Å². The third kappa shape index (κ3) is 12.0. The van der Waals surface area contributed by atoms with E-state index in [0.29, 0.717) is 12.1 Å². The fraction of sp³-hybridized carbons (Fsp3) is 0.0667. The third-order valence-electron chi connectivity index (χ3n) is 7.65. The molecule has 0 aliphatic heterocycles. The molecular formula is C30H23N7O21S5. The highest BCUT2D eigenvalue weighted by Crippen LogP contribution is 2.50. The first-order valence-corrected chi connectivity index (χ1v) is 22.2. The largest absolute Gasteiger partial charge is 0.505 e. The normalized spacial score (nSPS) is 13.1. The molecule has 0 radical (unpaired) electrons. The van der Waals surface area contributed by atoms with Gasteiger partial charge in [-0.3, -0.25) is 23.8 Å². The Balaban J connectivity index is 1.59. The first kappa shape index (κ1) is 47.7. The molecule has 5 rings (SSSR count). The molecule has 0 bridgehead atoms. The van der Waals surface area contributed by atoms with Crippen LogP contribution in [-0.2, 0) is 55.3 Å². The number of hydrogen-bond donors (Lipinski definition) is 8. The van der Waals surface area contributed by atoms with E-state index in [1.807, 2.05) is 0 Å². The van der Waals surface area contributed by atoms with Crippen LogP contribution in [0.3, 0.4) is 0 Å². The lowest BCUT2D eigenvalue weighted by Crippen LogP contribution is -2.15. The SMILES string of the molecule is O=[N+]([O-])c1ccc(N=Nc2c(SOOO)cc3cc(S(=O)(=O)O)cc(N=Nc4c(O)ccc(N=Nc5ccc(S(=O)(=O)CCOS(=O)(=O)O)cc5OS(=O)O)c4O)c3c2O)c(O)c1. The molecule has 334 valence electrons. The molecule has 0 aromatic heterocycles. The van der Waals surface area contributed by atoms with Crippen molar-refractivity contribution in [1.29, 1.82) is 0 Å².